The number of carbonyl (C=O) groups excluding carboxylic acids is 1. The summed E-state index contributed by atoms with van der Waals surface area (Å²) in [5.41, 5.74) is 9.56. The third-order valence-corrected chi connectivity index (χ3v) is 3.32. The van der Waals surface area contributed by atoms with Crippen molar-refractivity contribution in [2.24, 2.45) is 0 Å². The van der Waals surface area contributed by atoms with Crippen molar-refractivity contribution in [3.63, 3.8) is 0 Å². The summed E-state index contributed by atoms with van der Waals surface area (Å²) >= 11 is 0. The van der Waals surface area contributed by atoms with Gasteiger partial charge in [-0.25, -0.2) is 4.79 Å². The number of aromatic nitrogens is 2. The van der Waals surface area contributed by atoms with Crippen LogP contribution in [0.15, 0.2) is 24.5 Å². The molecule has 0 radical (unpaired) electrons. The average molecular weight is 273 g/mol. The molecule has 0 unspecified atom stereocenters. The lowest BCUT2D eigenvalue weighted by Crippen LogP contribution is -2.06. The predicted octanol–water partition coefficient (Wildman–Crippen LogP) is 2.81. The number of nitrogens with two attached hydrogens (primary N) is 1. The van der Waals surface area contributed by atoms with Crippen LogP contribution in [0.3, 0.4) is 0 Å². The molecule has 2 N–H and O–H groups in total. The van der Waals surface area contributed by atoms with Gasteiger partial charge in [-0.3, -0.25) is 4.68 Å². The second kappa shape index (κ2) is 5.36. The van der Waals surface area contributed by atoms with Gasteiger partial charge in [0.2, 0.25) is 0 Å². The molecule has 1 aromatic heterocycles. The van der Waals surface area contributed by atoms with Gasteiger partial charge >= 0.3 is 5.97 Å². The number of hydrogen-bond donors (Lipinski definition) is 1. The van der Waals surface area contributed by atoms with Gasteiger partial charge in [-0.1, -0.05) is 0 Å². The van der Waals surface area contributed by atoms with E-state index in [-0.39, 0.29) is 12.0 Å². The molecule has 0 aliphatic carbocycles. The summed E-state index contributed by atoms with van der Waals surface area (Å²) in [7, 11) is 1.36. The molecule has 0 saturated carbocycles. The van der Waals surface area contributed by atoms with Gasteiger partial charge in [0.15, 0.2) is 0 Å². The second-order valence-corrected chi connectivity index (χ2v) is 5.03. The minimum absolute atomic E-state index is 0.284. The third-order valence-electron chi connectivity index (χ3n) is 3.32. The van der Waals surface area contributed by atoms with Gasteiger partial charge in [-0.15, -0.1) is 0 Å². The minimum atomic E-state index is -0.382. The van der Waals surface area contributed by atoms with Gasteiger partial charge in [-0.05, 0) is 44.0 Å². The van der Waals surface area contributed by atoms with Crippen LogP contribution in [0.5, 0.6) is 0 Å². The molecule has 20 heavy (non-hydrogen) atoms. The van der Waals surface area contributed by atoms with Crippen molar-refractivity contribution >= 4 is 11.7 Å². The van der Waals surface area contributed by atoms with Crippen LogP contribution in [0.4, 0.5) is 5.69 Å². The first-order chi connectivity index (χ1) is 9.43. The largest absolute Gasteiger partial charge is 0.465 e. The van der Waals surface area contributed by atoms with Gasteiger partial charge in [0.1, 0.15) is 0 Å². The van der Waals surface area contributed by atoms with Crippen LogP contribution in [0.1, 0.15) is 35.8 Å². The molecule has 2 rings (SSSR count). The van der Waals surface area contributed by atoms with Crippen LogP contribution in [0, 0.1) is 6.92 Å². The van der Waals surface area contributed by atoms with Crippen molar-refractivity contribution in [2.75, 3.05) is 12.8 Å². The van der Waals surface area contributed by atoms with E-state index in [0.717, 1.165) is 16.7 Å². The summed E-state index contributed by atoms with van der Waals surface area (Å²) < 4.78 is 6.66. The van der Waals surface area contributed by atoms with E-state index in [9.17, 15) is 4.79 Å². The summed E-state index contributed by atoms with van der Waals surface area (Å²) in [6.07, 6.45) is 3.71. The number of esters is 1. The van der Waals surface area contributed by atoms with Crippen molar-refractivity contribution in [3.8, 4) is 11.1 Å². The summed E-state index contributed by atoms with van der Waals surface area (Å²) in [6, 6.07) is 3.93. The third kappa shape index (κ3) is 2.52. The van der Waals surface area contributed by atoms with Gasteiger partial charge in [-0.2, -0.15) is 5.10 Å². The molecule has 5 nitrogen and oxygen atoms in total. The minimum Gasteiger partial charge on any atom is -0.465 e. The molecule has 1 heterocycles. The fourth-order valence-corrected chi connectivity index (χ4v) is 1.99. The Morgan fingerprint density at radius 2 is 2.05 bits per heavy atom. The molecule has 1 aromatic carbocycles. The lowest BCUT2D eigenvalue weighted by molar-refractivity contribution is 0.0600. The molecule has 0 atom stereocenters. The van der Waals surface area contributed by atoms with Gasteiger partial charge in [0, 0.05) is 23.5 Å². The maximum atomic E-state index is 11.8. The van der Waals surface area contributed by atoms with Crippen LogP contribution in [-0.4, -0.2) is 22.9 Å². The summed E-state index contributed by atoms with van der Waals surface area (Å²) in [6.45, 7) is 5.92. The van der Waals surface area contributed by atoms with Crippen molar-refractivity contribution in [3.05, 3.63) is 35.7 Å². The van der Waals surface area contributed by atoms with E-state index in [1.807, 2.05) is 23.9 Å². The molecule has 2 aromatic rings. The molecule has 0 aliphatic heterocycles. The SMILES string of the molecule is COC(=O)c1cc(-c2cnn(C(C)C)c2)cc(N)c1C. The first-order valence-corrected chi connectivity index (χ1v) is 6.47. The van der Waals surface area contributed by atoms with E-state index >= 15 is 0 Å². The van der Waals surface area contributed by atoms with E-state index in [1.165, 1.54) is 7.11 Å². The Hall–Kier alpha value is -2.30. The molecule has 0 saturated heterocycles. The van der Waals surface area contributed by atoms with Crippen molar-refractivity contribution in [2.45, 2.75) is 26.8 Å². The zero-order valence-corrected chi connectivity index (χ0v) is 12.2. The smallest absolute Gasteiger partial charge is 0.338 e. The number of hydrogen-bond acceptors (Lipinski definition) is 4. The maximum Gasteiger partial charge on any atom is 0.338 e. The van der Waals surface area contributed by atoms with Crippen LogP contribution in [0.25, 0.3) is 11.1 Å². The number of methoxy groups -OCH3 is 1. The summed E-state index contributed by atoms with van der Waals surface area (Å²) in [5, 5.41) is 4.30. The Bertz CT molecular complexity index is 645. The molecule has 0 amide bonds. The first kappa shape index (κ1) is 14.1. The van der Waals surface area contributed by atoms with E-state index < -0.39 is 0 Å². The lowest BCUT2D eigenvalue weighted by Gasteiger charge is -2.09. The fourth-order valence-electron chi connectivity index (χ4n) is 1.99. The van der Waals surface area contributed by atoms with E-state index in [4.69, 9.17) is 10.5 Å². The number of nitrogens with zero attached hydrogens (tertiary/aromatic N) is 2. The van der Waals surface area contributed by atoms with Crippen LogP contribution < -0.4 is 5.73 Å². The van der Waals surface area contributed by atoms with Gasteiger partial charge in [0.25, 0.3) is 0 Å². The number of anilines is 1. The predicted molar refractivity (Wildman–Crippen MR) is 78.5 cm³/mol. The number of ether oxygens (including phenoxy) is 1. The fraction of sp³-hybridized carbons (Fsp3) is 0.333. The van der Waals surface area contributed by atoms with Gasteiger partial charge in [0.05, 0.1) is 18.9 Å². The first-order valence-electron chi connectivity index (χ1n) is 6.47. The topological polar surface area (TPSA) is 70.1 Å². The van der Waals surface area contributed by atoms with Crippen LogP contribution in [-0.2, 0) is 4.74 Å². The number of nitrogen functional groups attached to an aromatic ring is 1. The molecule has 0 bridgehead atoms. The summed E-state index contributed by atoms with van der Waals surface area (Å²) in [5.74, 6) is -0.382. The molecular weight excluding hydrogens is 254 g/mol. The Labute approximate surface area is 118 Å². The van der Waals surface area contributed by atoms with Crippen LogP contribution in [0.2, 0.25) is 0 Å². The number of carbonyl (C=O) groups is 1. The van der Waals surface area contributed by atoms with Crippen molar-refractivity contribution < 1.29 is 9.53 Å². The number of rotatable bonds is 3. The molecule has 106 valence electrons. The molecule has 0 aliphatic rings. The number of benzene rings is 1. The highest BCUT2D eigenvalue weighted by atomic mass is 16.5. The normalized spacial score (nSPS) is 10.8. The highest BCUT2D eigenvalue weighted by Crippen LogP contribution is 2.27. The quantitative estimate of drug-likeness (QED) is 0.689. The Morgan fingerprint density at radius 3 is 2.60 bits per heavy atom. The Balaban J connectivity index is 2.51. The molecule has 5 heteroatoms. The molecular formula is C15H19N3O2. The van der Waals surface area contributed by atoms with E-state index in [2.05, 4.69) is 18.9 Å². The second-order valence-electron chi connectivity index (χ2n) is 5.03. The lowest BCUT2D eigenvalue weighted by atomic mass is 10.00. The maximum absolute atomic E-state index is 11.8. The van der Waals surface area contributed by atoms with Crippen molar-refractivity contribution in [1.29, 1.82) is 0 Å². The highest BCUT2D eigenvalue weighted by Gasteiger charge is 2.14. The van der Waals surface area contributed by atoms with Crippen molar-refractivity contribution in [1.82, 2.24) is 9.78 Å². The van der Waals surface area contributed by atoms with E-state index in [0.29, 0.717) is 11.3 Å². The highest BCUT2D eigenvalue weighted by molar-refractivity contribution is 5.94. The zero-order chi connectivity index (χ0) is 14.9. The monoisotopic (exact) mass is 273 g/mol. The standard InChI is InChI=1S/C15H19N3O2/c1-9(2)18-8-12(7-17-18)11-5-13(15(19)20-4)10(3)14(16)6-11/h5-9H,16H2,1-4H3. The van der Waals surface area contributed by atoms with Crippen LogP contribution >= 0.6 is 0 Å². The molecule has 0 spiro atoms. The summed E-state index contributed by atoms with van der Waals surface area (Å²) in [4.78, 5) is 11.8. The molecule has 0 fully saturated rings. The zero-order valence-electron chi connectivity index (χ0n) is 12.2. The van der Waals surface area contributed by atoms with Gasteiger partial charge < -0.3 is 10.5 Å². The Kier molecular flexibility index (Phi) is 3.79. The van der Waals surface area contributed by atoms with E-state index in [1.54, 1.807) is 12.3 Å². The Morgan fingerprint density at radius 1 is 1.35 bits per heavy atom. The average Bonchev–Trinajstić information content (AvgIpc) is 2.90.